The van der Waals surface area contributed by atoms with Crippen molar-refractivity contribution in [1.82, 2.24) is 9.97 Å². The number of nitrogens with one attached hydrogen (secondary N) is 2. The summed E-state index contributed by atoms with van der Waals surface area (Å²) in [7, 11) is -4.75. The van der Waals surface area contributed by atoms with E-state index in [2.05, 4.69) is 14.8 Å². The van der Waals surface area contributed by atoms with Gasteiger partial charge >= 0.3 is 0 Å². The van der Waals surface area contributed by atoms with Gasteiger partial charge in [0.15, 0.2) is 5.82 Å². The number of aromatic nitrogens is 2. The van der Waals surface area contributed by atoms with Gasteiger partial charge in [0.05, 0.1) is 17.8 Å². The Balaban J connectivity index is 1.78. The Labute approximate surface area is 183 Å². The highest BCUT2D eigenvalue weighted by Crippen LogP contribution is 2.29. The average Bonchev–Trinajstić information content (AvgIpc) is 3.18. The van der Waals surface area contributed by atoms with Crippen molar-refractivity contribution in [2.24, 2.45) is 0 Å². The number of carbonyl (C=O) groups excluding carboxylic acids is 1. The van der Waals surface area contributed by atoms with Crippen molar-refractivity contribution in [3.05, 3.63) is 94.6 Å². The molecule has 0 aliphatic carbocycles. The number of nitrogens with zero attached hydrogens (tertiary/aromatic N) is 2. The van der Waals surface area contributed by atoms with Gasteiger partial charge < -0.3 is 4.98 Å². The standard InChI is InChI=1S/C21H10F4N4O3S/c1-26-11-7-12-13(9-28-21(12)27-8-11)20(30)18-14(23)3-4-16(19(18)25)29-33(31,32)17-5-2-10(22)6-15(17)24/h2-9,29H,(H,27,28). The molecule has 2 aromatic carbocycles. The second kappa shape index (κ2) is 8.03. The molecule has 4 rings (SSSR count). The first-order valence-electron chi connectivity index (χ1n) is 8.97. The third-order valence-electron chi connectivity index (χ3n) is 4.64. The van der Waals surface area contributed by atoms with E-state index in [1.54, 1.807) is 4.72 Å². The van der Waals surface area contributed by atoms with Gasteiger partial charge in [-0.25, -0.2) is 30.8 Å². The Morgan fingerprint density at radius 3 is 2.52 bits per heavy atom. The molecular weight excluding hydrogens is 464 g/mol. The molecule has 7 nitrogen and oxygen atoms in total. The number of pyridine rings is 1. The number of sulfonamides is 1. The minimum absolute atomic E-state index is 0.0833. The number of hydrogen-bond donors (Lipinski definition) is 2. The minimum Gasteiger partial charge on any atom is -0.345 e. The molecule has 0 spiro atoms. The molecule has 0 aliphatic rings. The zero-order chi connectivity index (χ0) is 23.9. The number of hydrogen-bond acceptors (Lipinski definition) is 4. The number of aromatic amines is 1. The maximum Gasteiger partial charge on any atom is 0.264 e. The number of carbonyl (C=O) groups is 1. The predicted molar refractivity (Wildman–Crippen MR) is 109 cm³/mol. The quantitative estimate of drug-likeness (QED) is 0.249. The van der Waals surface area contributed by atoms with Crippen LogP contribution in [0.4, 0.5) is 28.9 Å². The Hall–Kier alpha value is -4.24. The topological polar surface area (TPSA) is 96.3 Å². The largest absolute Gasteiger partial charge is 0.345 e. The van der Waals surface area contributed by atoms with Gasteiger partial charge in [-0.3, -0.25) is 14.5 Å². The van der Waals surface area contributed by atoms with E-state index in [-0.39, 0.29) is 22.3 Å². The number of fused-ring (bicyclic) bond motifs is 1. The Kier molecular flexibility index (Phi) is 5.35. The number of H-pyrrole nitrogens is 1. The molecule has 33 heavy (non-hydrogen) atoms. The molecule has 2 heterocycles. The van der Waals surface area contributed by atoms with Crippen LogP contribution in [0.1, 0.15) is 15.9 Å². The summed E-state index contributed by atoms with van der Waals surface area (Å²) in [5.74, 6) is -6.42. The average molecular weight is 474 g/mol. The lowest BCUT2D eigenvalue weighted by Gasteiger charge is -2.12. The third-order valence-corrected chi connectivity index (χ3v) is 6.04. The molecule has 0 saturated heterocycles. The van der Waals surface area contributed by atoms with Crippen LogP contribution in [-0.4, -0.2) is 24.2 Å². The van der Waals surface area contributed by atoms with Crippen LogP contribution in [0.5, 0.6) is 0 Å². The van der Waals surface area contributed by atoms with Crippen molar-refractivity contribution in [3.8, 4) is 0 Å². The van der Waals surface area contributed by atoms with E-state index in [0.717, 1.165) is 6.20 Å². The Morgan fingerprint density at radius 1 is 1.06 bits per heavy atom. The molecule has 0 unspecified atom stereocenters. The molecule has 0 fully saturated rings. The van der Waals surface area contributed by atoms with Crippen molar-refractivity contribution in [1.29, 1.82) is 0 Å². The first-order chi connectivity index (χ1) is 15.6. The summed E-state index contributed by atoms with van der Waals surface area (Å²) in [5, 5.41) is 0.131. The van der Waals surface area contributed by atoms with Crippen LogP contribution in [0.15, 0.2) is 53.7 Å². The van der Waals surface area contributed by atoms with Crippen LogP contribution in [0, 0.1) is 29.8 Å². The van der Waals surface area contributed by atoms with Gasteiger partial charge in [-0.05, 0) is 30.3 Å². The molecule has 2 N–H and O–H groups in total. The second-order valence-corrected chi connectivity index (χ2v) is 8.35. The lowest BCUT2D eigenvalue weighted by atomic mass is 10.0. The molecule has 0 atom stereocenters. The molecule has 0 radical (unpaired) electrons. The summed E-state index contributed by atoms with van der Waals surface area (Å²) in [6.45, 7) is 7.05. The fourth-order valence-corrected chi connectivity index (χ4v) is 4.23. The molecular formula is C21H10F4N4O3S. The van der Waals surface area contributed by atoms with Gasteiger partial charge in [0, 0.05) is 29.4 Å². The van der Waals surface area contributed by atoms with Gasteiger partial charge in [0.2, 0.25) is 11.5 Å². The third kappa shape index (κ3) is 3.90. The van der Waals surface area contributed by atoms with E-state index in [4.69, 9.17) is 6.57 Å². The molecule has 4 aromatic rings. The first-order valence-corrected chi connectivity index (χ1v) is 10.5. The SMILES string of the molecule is [C-]#[N+]c1cnc2[nH]cc(C(=O)c3c(F)ccc(NS(=O)(=O)c4ccc(F)cc4F)c3F)c2c1. The van der Waals surface area contributed by atoms with Gasteiger partial charge in [-0.2, -0.15) is 0 Å². The van der Waals surface area contributed by atoms with E-state index in [0.29, 0.717) is 30.3 Å². The Morgan fingerprint density at radius 2 is 1.82 bits per heavy atom. The smallest absolute Gasteiger partial charge is 0.264 e. The van der Waals surface area contributed by atoms with Crippen LogP contribution < -0.4 is 4.72 Å². The highest BCUT2D eigenvalue weighted by Gasteiger charge is 2.27. The fraction of sp³-hybridized carbons (Fsp3) is 0. The van der Waals surface area contributed by atoms with Crippen molar-refractivity contribution >= 4 is 38.2 Å². The van der Waals surface area contributed by atoms with Crippen LogP contribution in [0.2, 0.25) is 0 Å². The number of ketones is 1. The number of anilines is 1. The van der Waals surface area contributed by atoms with Crippen molar-refractivity contribution in [2.45, 2.75) is 4.90 Å². The van der Waals surface area contributed by atoms with Gasteiger partial charge in [-0.15, -0.1) is 0 Å². The normalized spacial score (nSPS) is 11.4. The number of halogens is 4. The van der Waals surface area contributed by atoms with Gasteiger partial charge in [0.1, 0.15) is 28.0 Å². The van der Waals surface area contributed by atoms with Crippen molar-refractivity contribution in [3.63, 3.8) is 0 Å². The molecule has 12 heteroatoms. The zero-order valence-electron chi connectivity index (χ0n) is 16.2. The number of benzene rings is 2. The Bertz CT molecular complexity index is 1590. The summed E-state index contributed by atoms with van der Waals surface area (Å²) < 4.78 is 83.3. The van der Waals surface area contributed by atoms with E-state index >= 15 is 4.39 Å². The van der Waals surface area contributed by atoms with E-state index in [1.165, 1.54) is 12.3 Å². The van der Waals surface area contributed by atoms with Crippen LogP contribution in [-0.2, 0) is 10.0 Å². The summed E-state index contributed by atoms with van der Waals surface area (Å²) in [4.78, 5) is 21.8. The summed E-state index contributed by atoms with van der Waals surface area (Å²) >= 11 is 0. The zero-order valence-corrected chi connectivity index (χ0v) is 17.0. The van der Waals surface area contributed by atoms with Crippen LogP contribution in [0.25, 0.3) is 15.9 Å². The minimum atomic E-state index is -4.75. The lowest BCUT2D eigenvalue weighted by Crippen LogP contribution is -2.17. The number of rotatable bonds is 5. The first kappa shape index (κ1) is 22.0. The summed E-state index contributed by atoms with van der Waals surface area (Å²) in [6, 6.07) is 4.33. The van der Waals surface area contributed by atoms with E-state index in [9.17, 15) is 26.4 Å². The van der Waals surface area contributed by atoms with E-state index in [1.807, 2.05) is 0 Å². The van der Waals surface area contributed by atoms with E-state index < -0.39 is 55.2 Å². The van der Waals surface area contributed by atoms with Crippen LogP contribution >= 0.6 is 0 Å². The van der Waals surface area contributed by atoms with Crippen molar-refractivity contribution < 1.29 is 30.8 Å². The van der Waals surface area contributed by atoms with Crippen molar-refractivity contribution in [2.75, 3.05) is 4.72 Å². The molecule has 0 aliphatic heterocycles. The fourth-order valence-electron chi connectivity index (χ4n) is 3.11. The highest BCUT2D eigenvalue weighted by molar-refractivity contribution is 7.92. The molecule has 0 saturated carbocycles. The second-order valence-electron chi connectivity index (χ2n) is 6.70. The summed E-state index contributed by atoms with van der Waals surface area (Å²) in [5.41, 5.74) is -1.84. The predicted octanol–water partition coefficient (Wildman–Crippen LogP) is 4.70. The molecule has 2 aromatic heterocycles. The monoisotopic (exact) mass is 474 g/mol. The molecule has 0 amide bonds. The summed E-state index contributed by atoms with van der Waals surface area (Å²) in [6.07, 6.45) is 2.39. The maximum absolute atomic E-state index is 15.1. The molecule has 166 valence electrons. The maximum atomic E-state index is 15.1. The van der Waals surface area contributed by atoms with Crippen LogP contribution in [0.3, 0.4) is 0 Å². The lowest BCUT2D eigenvalue weighted by molar-refractivity contribution is 0.103. The van der Waals surface area contributed by atoms with Gasteiger partial charge in [0.25, 0.3) is 10.0 Å². The highest BCUT2D eigenvalue weighted by atomic mass is 32.2. The molecule has 0 bridgehead atoms. The van der Waals surface area contributed by atoms with Gasteiger partial charge in [-0.1, -0.05) is 0 Å².